The van der Waals surface area contributed by atoms with Gasteiger partial charge in [0.05, 0.1) is 6.04 Å². The van der Waals surface area contributed by atoms with Crippen LogP contribution in [0, 0.1) is 0 Å². The second-order valence-electron chi connectivity index (χ2n) is 3.37. The Balaban J connectivity index is 2.06. The van der Waals surface area contributed by atoms with E-state index in [1.807, 2.05) is 6.92 Å². The lowest BCUT2D eigenvalue weighted by atomic mass is 10.1. The van der Waals surface area contributed by atoms with Gasteiger partial charge in [0.1, 0.15) is 0 Å². The summed E-state index contributed by atoms with van der Waals surface area (Å²) in [5.41, 5.74) is 0. The van der Waals surface area contributed by atoms with Gasteiger partial charge in [-0.15, -0.1) is 0 Å². The Bertz CT molecular complexity index is 153. The number of amides is 1. The van der Waals surface area contributed by atoms with Gasteiger partial charge in [-0.1, -0.05) is 13.8 Å². The number of hydrogen-bond donors (Lipinski definition) is 1. The fourth-order valence-electron chi connectivity index (χ4n) is 1.45. The Labute approximate surface area is 74.1 Å². The van der Waals surface area contributed by atoms with Crippen LogP contribution in [-0.2, 0) is 4.79 Å². The fourth-order valence-corrected chi connectivity index (χ4v) is 1.45. The van der Waals surface area contributed by atoms with Gasteiger partial charge in [-0.25, -0.2) is 0 Å². The first kappa shape index (κ1) is 9.52. The summed E-state index contributed by atoms with van der Waals surface area (Å²) in [6.07, 6.45) is 1.61. The molecule has 0 aromatic heterocycles. The van der Waals surface area contributed by atoms with Gasteiger partial charge < -0.3 is 5.32 Å². The van der Waals surface area contributed by atoms with Crippen molar-refractivity contribution < 1.29 is 4.79 Å². The number of carbonyl (C=O) groups excluding carboxylic acids is 1. The largest absolute Gasteiger partial charge is 0.351 e. The van der Waals surface area contributed by atoms with Crippen LogP contribution in [0.2, 0.25) is 0 Å². The predicted molar refractivity (Wildman–Crippen MR) is 49.0 cm³/mol. The Morgan fingerprint density at radius 1 is 1.50 bits per heavy atom. The second kappa shape index (κ2) is 4.45. The maximum absolute atomic E-state index is 11.1. The zero-order valence-corrected chi connectivity index (χ0v) is 7.97. The summed E-state index contributed by atoms with van der Waals surface area (Å²) in [6.45, 7) is 7.33. The minimum absolute atomic E-state index is 0.207. The molecule has 1 N–H and O–H groups in total. The van der Waals surface area contributed by atoms with Gasteiger partial charge in [0.25, 0.3) is 0 Å². The third-order valence-electron chi connectivity index (χ3n) is 2.25. The summed E-state index contributed by atoms with van der Waals surface area (Å²) in [5, 5.41) is 3.00. The molecule has 0 unspecified atom stereocenters. The fraction of sp³-hybridized carbons (Fsp3) is 0.889. The molecule has 0 radical (unpaired) electrons. The number of nitrogens with one attached hydrogen (secondary N) is 1. The highest BCUT2D eigenvalue weighted by Crippen LogP contribution is 2.06. The molecule has 12 heavy (non-hydrogen) atoms. The van der Waals surface area contributed by atoms with E-state index in [9.17, 15) is 4.79 Å². The van der Waals surface area contributed by atoms with Gasteiger partial charge in [0, 0.05) is 19.5 Å². The third-order valence-corrected chi connectivity index (χ3v) is 2.25. The highest BCUT2D eigenvalue weighted by atomic mass is 16.1. The average molecular weight is 170 g/mol. The molecule has 1 heterocycles. The van der Waals surface area contributed by atoms with E-state index in [0.29, 0.717) is 12.5 Å². The van der Waals surface area contributed by atoms with Crippen molar-refractivity contribution in [1.82, 2.24) is 10.2 Å². The minimum atomic E-state index is 0.207. The second-order valence-corrected chi connectivity index (χ2v) is 3.37. The summed E-state index contributed by atoms with van der Waals surface area (Å²) >= 11 is 0. The monoisotopic (exact) mass is 170 g/mol. The van der Waals surface area contributed by atoms with E-state index in [0.717, 1.165) is 26.1 Å². The molecule has 0 bridgehead atoms. The predicted octanol–water partition coefficient (Wildman–Crippen LogP) is 0.607. The summed E-state index contributed by atoms with van der Waals surface area (Å²) in [6, 6.07) is 0.420. The van der Waals surface area contributed by atoms with Crippen LogP contribution in [0.15, 0.2) is 0 Å². The van der Waals surface area contributed by atoms with Crippen LogP contribution in [0.1, 0.15) is 26.7 Å². The topological polar surface area (TPSA) is 32.3 Å². The first-order chi connectivity index (χ1) is 5.76. The van der Waals surface area contributed by atoms with E-state index in [4.69, 9.17) is 0 Å². The van der Waals surface area contributed by atoms with E-state index in [1.54, 1.807) is 0 Å². The molecular formula is C9H18N2O. The van der Waals surface area contributed by atoms with Crippen LogP contribution < -0.4 is 5.32 Å². The number of hydrogen-bond acceptors (Lipinski definition) is 2. The first-order valence-corrected chi connectivity index (χ1v) is 4.78. The number of likely N-dealkylation sites (N-methyl/N-ethyl adjacent to an activating group) is 1. The summed E-state index contributed by atoms with van der Waals surface area (Å²) < 4.78 is 0. The molecule has 1 aliphatic heterocycles. The number of nitrogens with zero attached hydrogens (tertiary/aromatic N) is 1. The highest BCUT2D eigenvalue weighted by molar-refractivity contribution is 5.76. The molecule has 1 fully saturated rings. The molecule has 0 aromatic carbocycles. The smallest absolute Gasteiger partial charge is 0.220 e. The van der Waals surface area contributed by atoms with Crippen LogP contribution in [0.3, 0.4) is 0 Å². The van der Waals surface area contributed by atoms with Gasteiger partial charge in [0.15, 0.2) is 0 Å². The number of likely N-dealkylation sites (tertiary alicyclic amines) is 1. The normalized spacial score (nSPS) is 18.8. The van der Waals surface area contributed by atoms with Gasteiger partial charge in [-0.2, -0.15) is 0 Å². The van der Waals surface area contributed by atoms with Crippen molar-refractivity contribution in [3.63, 3.8) is 0 Å². The standard InChI is InChI=1S/C9H18N2O/c1-3-5-9(12)10-8-6-11(4-2)7-8/h8H,3-7H2,1-2H3,(H,10,12). The molecule has 1 aliphatic rings. The molecule has 70 valence electrons. The van der Waals surface area contributed by atoms with E-state index in [-0.39, 0.29) is 5.91 Å². The third kappa shape index (κ3) is 2.48. The van der Waals surface area contributed by atoms with E-state index < -0.39 is 0 Å². The van der Waals surface area contributed by atoms with Gasteiger partial charge in [-0.05, 0) is 13.0 Å². The Kier molecular flexibility index (Phi) is 3.53. The lowest BCUT2D eigenvalue weighted by molar-refractivity contribution is -0.122. The molecule has 0 aromatic rings. The molecular weight excluding hydrogens is 152 g/mol. The van der Waals surface area contributed by atoms with Gasteiger partial charge in [-0.3, -0.25) is 9.69 Å². The summed E-state index contributed by atoms with van der Waals surface area (Å²) in [5.74, 6) is 0.207. The average Bonchev–Trinajstić information content (AvgIpc) is 1.96. The Morgan fingerprint density at radius 2 is 2.17 bits per heavy atom. The number of rotatable bonds is 4. The number of carbonyl (C=O) groups is 1. The van der Waals surface area contributed by atoms with Crippen molar-refractivity contribution in [2.45, 2.75) is 32.7 Å². The quantitative estimate of drug-likeness (QED) is 0.670. The molecule has 0 aliphatic carbocycles. The summed E-state index contributed by atoms with van der Waals surface area (Å²) in [4.78, 5) is 13.4. The van der Waals surface area contributed by atoms with Crippen LogP contribution in [0.25, 0.3) is 0 Å². The Morgan fingerprint density at radius 3 is 2.67 bits per heavy atom. The minimum Gasteiger partial charge on any atom is -0.351 e. The van der Waals surface area contributed by atoms with Crippen LogP contribution in [0.4, 0.5) is 0 Å². The van der Waals surface area contributed by atoms with Crippen LogP contribution >= 0.6 is 0 Å². The lowest BCUT2D eigenvalue weighted by Crippen LogP contribution is -2.58. The van der Waals surface area contributed by atoms with Crippen molar-refractivity contribution in [1.29, 1.82) is 0 Å². The van der Waals surface area contributed by atoms with Crippen LogP contribution in [0.5, 0.6) is 0 Å². The molecule has 1 rings (SSSR count). The van der Waals surface area contributed by atoms with Crippen molar-refractivity contribution >= 4 is 5.91 Å². The molecule has 3 nitrogen and oxygen atoms in total. The van der Waals surface area contributed by atoms with Crippen molar-refractivity contribution in [3.05, 3.63) is 0 Å². The van der Waals surface area contributed by atoms with Crippen molar-refractivity contribution in [2.75, 3.05) is 19.6 Å². The Hall–Kier alpha value is -0.570. The maximum Gasteiger partial charge on any atom is 0.220 e. The van der Waals surface area contributed by atoms with Gasteiger partial charge in [0.2, 0.25) is 5.91 Å². The highest BCUT2D eigenvalue weighted by Gasteiger charge is 2.25. The molecule has 1 saturated heterocycles. The van der Waals surface area contributed by atoms with Crippen LogP contribution in [-0.4, -0.2) is 36.5 Å². The summed E-state index contributed by atoms with van der Waals surface area (Å²) in [7, 11) is 0. The van der Waals surface area contributed by atoms with Crippen molar-refractivity contribution in [3.8, 4) is 0 Å². The first-order valence-electron chi connectivity index (χ1n) is 4.78. The zero-order valence-electron chi connectivity index (χ0n) is 7.97. The molecule has 3 heteroatoms. The lowest BCUT2D eigenvalue weighted by Gasteiger charge is -2.38. The van der Waals surface area contributed by atoms with E-state index >= 15 is 0 Å². The molecule has 0 spiro atoms. The molecule has 0 atom stereocenters. The van der Waals surface area contributed by atoms with Gasteiger partial charge >= 0.3 is 0 Å². The maximum atomic E-state index is 11.1. The SMILES string of the molecule is CCCC(=O)NC1CN(CC)C1. The van der Waals surface area contributed by atoms with E-state index in [2.05, 4.69) is 17.1 Å². The molecule has 1 amide bonds. The van der Waals surface area contributed by atoms with E-state index in [1.165, 1.54) is 0 Å². The molecule has 0 saturated carbocycles. The van der Waals surface area contributed by atoms with Crippen molar-refractivity contribution in [2.24, 2.45) is 0 Å². The zero-order chi connectivity index (χ0) is 8.97.